The van der Waals surface area contributed by atoms with Crippen molar-refractivity contribution in [1.29, 1.82) is 0 Å². The number of hydrogen-bond acceptors (Lipinski definition) is 4. The van der Waals surface area contributed by atoms with Crippen LogP contribution in [0.2, 0.25) is 4.34 Å². The maximum absolute atomic E-state index is 11.8. The Hall–Kier alpha value is -1.85. The van der Waals surface area contributed by atoms with Crippen LogP contribution in [-0.2, 0) is 17.8 Å². The zero-order chi connectivity index (χ0) is 15.5. The van der Waals surface area contributed by atoms with Gasteiger partial charge in [0.25, 0.3) is 5.91 Å². The molecular formula is C16H14ClNO3S. The van der Waals surface area contributed by atoms with Gasteiger partial charge in [-0.2, -0.15) is 0 Å². The molecule has 1 N–H and O–H groups in total. The first-order valence-corrected chi connectivity index (χ1v) is 8.12. The molecule has 3 rings (SSSR count). The number of fused-ring (bicyclic) bond motifs is 1. The molecule has 0 bridgehead atoms. The minimum Gasteiger partial charge on any atom is -0.483 e. The fourth-order valence-corrected chi connectivity index (χ4v) is 3.45. The number of halogens is 1. The van der Waals surface area contributed by atoms with Gasteiger partial charge in [0.1, 0.15) is 5.75 Å². The van der Waals surface area contributed by atoms with E-state index in [0.29, 0.717) is 35.0 Å². The molecule has 0 spiro atoms. The third-order valence-corrected chi connectivity index (χ3v) is 4.71. The molecule has 0 unspecified atom stereocenters. The zero-order valence-corrected chi connectivity index (χ0v) is 13.3. The van der Waals surface area contributed by atoms with Gasteiger partial charge in [-0.15, -0.1) is 11.3 Å². The van der Waals surface area contributed by atoms with Crippen molar-refractivity contribution < 1.29 is 14.3 Å². The maximum Gasteiger partial charge on any atom is 0.258 e. The largest absolute Gasteiger partial charge is 0.483 e. The highest BCUT2D eigenvalue weighted by molar-refractivity contribution is 7.16. The minimum absolute atomic E-state index is 0.0657. The fourth-order valence-electron chi connectivity index (χ4n) is 2.42. The van der Waals surface area contributed by atoms with E-state index in [-0.39, 0.29) is 18.3 Å². The Kier molecular flexibility index (Phi) is 4.45. The highest BCUT2D eigenvalue weighted by Gasteiger charge is 2.22. The Bertz CT molecular complexity index is 726. The molecule has 0 aliphatic heterocycles. The van der Waals surface area contributed by atoms with Crippen LogP contribution in [0.15, 0.2) is 30.3 Å². The van der Waals surface area contributed by atoms with Gasteiger partial charge in [0.2, 0.25) is 0 Å². The predicted molar refractivity (Wildman–Crippen MR) is 85.8 cm³/mol. The number of carbonyl (C=O) groups excluding carboxylic acids is 2. The minimum atomic E-state index is -0.202. The predicted octanol–water partition coefficient (Wildman–Crippen LogP) is 3.23. The Morgan fingerprint density at radius 3 is 2.91 bits per heavy atom. The van der Waals surface area contributed by atoms with Crippen LogP contribution in [0, 0.1) is 0 Å². The third-order valence-electron chi connectivity index (χ3n) is 3.48. The van der Waals surface area contributed by atoms with Crippen LogP contribution in [0.25, 0.3) is 0 Å². The molecule has 1 amide bonds. The van der Waals surface area contributed by atoms with Crippen molar-refractivity contribution in [2.24, 2.45) is 0 Å². The summed E-state index contributed by atoms with van der Waals surface area (Å²) in [6.45, 7) is 0.370. The molecule has 0 atom stereocenters. The number of ketones is 1. The topological polar surface area (TPSA) is 55.4 Å². The molecule has 0 radical (unpaired) electrons. The van der Waals surface area contributed by atoms with E-state index in [1.54, 1.807) is 24.3 Å². The molecule has 0 saturated heterocycles. The molecule has 1 aromatic heterocycles. The number of amides is 1. The average molecular weight is 336 g/mol. The van der Waals surface area contributed by atoms with E-state index in [1.807, 2.05) is 6.07 Å². The molecule has 0 saturated carbocycles. The van der Waals surface area contributed by atoms with E-state index in [1.165, 1.54) is 11.3 Å². The molecule has 1 aromatic carbocycles. The van der Waals surface area contributed by atoms with Gasteiger partial charge in [-0.3, -0.25) is 9.59 Å². The second-order valence-electron chi connectivity index (χ2n) is 4.98. The Morgan fingerprint density at radius 2 is 2.14 bits per heavy atom. The van der Waals surface area contributed by atoms with E-state index in [4.69, 9.17) is 16.3 Å². The fraction of sp³-hybridized carbons (Fsp3) is 0.250. The van der Waals surface area contributed by atoms with Crippen LogP contribution >= 0.6 is 22.9 Å². The summed E-state index contributed by atoms with van der Waals surface area (Å²) in [5.74, 6) is 0.559. The van der Waals surface area contributed by atoms with E-state index in [0.717, 1.165) is 10.4 Å². The van der Waals surface area contributed by atoms with Crippen molar-refractivity contribution in [1.82, 2.24) is 5.32 Å². The number of benzene rings is 1. The van der Waals surface area contributed by atoms with Crippen LogP contribution in [0.3, 0.4) is 0 Å². The second-order valence-corrected chi connectivity index (χ2v) is 6.78. The van der Waals surface area contributed by atoms with Crippen molar-refractivity contribution in [2.45, 2.75) is 19.4 Å². The number of nitrogens with one attached hydrogen (secondary N) is 1. The SMILES string of the molecule is O=C(COc1cccc2c1CCC2=O)NCc1ccc(Cl)s1. The summed E-state index contributed by atoms with van der Waals surface area (Å²) in [6.07, 6.45) is 1.20. The molecular weight excluding hydrogens is 322 g/mol. The van der Waals surface area contributed by atoms with Gasteiger partial charge in [0.05, 0.1) is 10.9 Å². The van der Waals surface area contributed by atoms with Gasteiger partial charge >= 0.3 is 0 Å². The van der Waals surface area contributed by atoms with Crippen LogP contribution in [0.5, 0.6) is 5.75 Å². The molecule has 0 fully saturated rings. The van der Waals surface area contributed by atoms with Gasteiger partial charge in [0, 0.05) is 22.4 Å². The zero-order valence-electron chi connectivity index (χ0n) is 11.7. The maximum atomic E-state index is 11.8. The molecule has 6 heteroatoms. The lowest BCUT2D eigenvalue weighted by atomic mass is 10.1. The standard InChI is InChI=1S/C16H14ClNO3S/c17-15-7-4-10(22-15)8-18-16(20)9-21-14-3-1-2-11-12(14)5-6-13(11)19/h1-4,7H,5-6,8-9H2,(H,18,20). The van der Waals surface area contributed by atoms with Crippen molar-refractivity contribution in [3.05, 3.63) is 50.7 Å². The van der Waals surface area contributed by atoms with Crippen LogP contribution < -0.4 is 10.1 Å². The molecule has 4 nitrogen and oxygen atoms in total. The smallest absolute Gasteiger partial charge is 0.258 e. The summed E-state index contributed by atoms with van der Waals surface area (Å²) < 4.78 is 6.26. The highest BCUT2D eigenvalue weighted by atomic mass is 35.5. The van der Waals surface area contributed by atoms with E-state index in [2.05, 4.69) is 5.32 Å². The van der Waals surface area contributed by atoms with Crippen LogP contribution in [-0.4, -0.2) is 18.3 Å². The summed E-state index contributed by atoms with van der Waals surface area (Å²) in [5.41, 5.74) is 1.62. The monoisotopic (exact) mass is 335 g/mol. The second kappa shape index (κ2) is 6.50. The Morgan fingerprint density at radius 1 is 1.27 bits per heavy atom. The summed E-state index contributed by atoms with van der Waals surface area (Å²) >= 11 is 7.27. The highest BCUT2D eigenvalue weighted by Crippen LogP contribution is 2.30. The lowest BCUT2D eigenvalue weighted by Gasteiger charge is -2.10. The summed E-state index contributed by atoms with van der Waals surface area (Å²) in [6, 6.07) is 9.06. The molecule has 1 heterocycles. The number of rotatable bonds is 5. The molecule has 114 valence electrons. The van der Waals surface area contributed by atoms with Crippen molar-refractivity contribution in [3.63, 3.8) is 0 Å². The van der Waals surface area contributed by atoms with E-state index < -0.39 is 0 Å². The molecule has 1 aliphatic carbocycles. The summed E-state index contributed by atoms with van der Waals surface area (Å²) in [4.78, 5) is 24.5. The third kappa shape index (κ3) is 3.31. The van der Waals surface area contributed by atoms with Gasteiger partial charge in [-0.1, -0.05) is 23.7 Å². The average Bonchev–Trinajstić information content (AvgIpc) is 3.10. The van der Waals surface area contributed by atoms with Crippen LogP contribution in [0.4, 0.5) is 0 Å². The van der Waals surface area contributed by atoms with Crippen LogP contribution in [0.1, 0.15) is 27.2 Å². The molecule has 1 aliphatic rings. The first kappa shape index (κ1) is 15.1. The van der Waals surface area contributed by atoms with E-state index in [9.17, 15) is 9.59 Å². The number of Topliss-reactive ketones (excluding diaryl/α,β-unsaturated/α-hetero) is 1. The lowest BCUT2D eigenvalue weighted by molar-refractivity contribution is -0.123. The molecule has 22 heavy (non-hydrogen) atoms. The number of thiophene rings is 1. The number of carbonyl (C=O) groups is 2. The lowest BCUT2D eigenvalue weighted by Crippen LogP contribution is -2.28. The van der Waals surface area contributed by atoms with Gasteiger partial charge < -0.3 is 10.1 Å². The first-order valence-electron chi connectivity index (χ1n) is 6.92. The normalized spacial score (nSPS) is 13.0. The summed E-state index contributed by atoms with van der Waals surface area (Å²) in [7, 11) is 0. The first-order chi connectivity index (χ1) is 10.6. The van der Waals surface area contributed by atoms with Crippen molar-refractivity contribution in [2.75, 3.05) is 6.61 Å². The van der Waals surface area contributed by atoms with Gasteiger partial charge in [-0.05, 0) is 24.6 Å². The Labute approximate surface area is 137 Å². The number of ether oxygens (including phenoxy) is 1. The quantitative estimate of drug-likeness (QED) is 0.912. The van der Waals surface area contributed by atoms with E-state index >= 15 is 0 Å². The number of hydrogen-bond donors (Lipinski definition) is 1. The van der Waals surface area contributed by atoms with Crippen molar-refractivity contribution >= 4 is 34.6 Å². The summed E-state index contributed by atoms with van der Waals surface area (Å²) in [5, 5.41) is 2.78. The van der Waals surface area contributed by atoms with Gasteiger partial charge in [-0.25, -0.2) is 0 Å². The molecule has 2 aromatic rings. The van der Waals surface area contributed by atoms with Crippen molar-refractivity contribution in [3.8, 4) is 5.75 Å². The van der Waals surface area contributed by atoms with Gasteiger partial charge in [0.15, 0.2) is 12.4 Å². The Balaban J connectivity index is 1.54.